The van der Waals surface area contributed by atoms with Crippen molar-refractivity contribution in [3.05, 3.63) is 51.6 Å². The fraction of sp³-hybridized carbons (Fsp3) is 0.520. The van der Waals surface area contributed by atoms with Crippen molar-refractivity contribution in [2.45, 2.75) is 45.0 Å². The van der Waals surface area contributed by atoms with Gasteiger partial charge in [0.25, 0.3) is 11.6 Å². The van der Waals surface area contributed by atoms with Gasteiger partial charge in [0.1, 0.15) is 5.82 Å². The number of aryl methyl sites for hydroxylation is 1. The standard InChI is InChI=1S/C25H26F4N4O4/c1-15-10-20(31-8-5-25(28,29)6-9-31)30-21(11-15)37-22(34)18-3-2-17(33(35)36)12-19(18)32-7-4-24(23(26)27)13-16(24)14-32/h2-3,10-12,16,23H,4-9,13-14H2,1H3/t16-,24+/m0/s1. The molecule has 2 saturated heterocycles. The molecular formula is C25H26F4N4O4. The van der Waals surface area contributed by atoms with E-state index in [1.54, 1.807) is 22.8 Å². The molecular weight excluding hydrogens is 496 g/mol. The van der Waals surface area contributed by atoms with Crippen LogP contribution in [0.5, 0.6) is 5.88 Å². The molecule has 1 aromatic heterocycles. The molecule has 3 heterocycles. The number of pyridine rings is 1. The number of fused-ring (bicyclic) bond motifs is 1. The molecule has 2 aromatic rings. The van der Waals surface area contributed by atoms with Gasteiger partial charge in [0, 0.05) is 62.6 Å². The van der Waals surface area contributed by atoms with Crippen molar-refractivity contribution in [1.82, 2.24) is 4.98 Å². The molecule has 0 unspecified atom stereocenters. The van der Waals surface area contributed by atoms with Crippen LogP contribution in [0.3, 0.4) is 0 Å². The lowest BCUT2D eigenvalue weighted by atomic mass is 9.95. The summed E-state index contributed by atoms with van der Waals surface area (Å²) >= 11 is 0. The van der Waals surface area contributed by atoms with Crippen LogP contribution >= 0.6 is 0 Å². The number of esters is 1. The van der Waals surface area contributed by atoms with E-state index in [0.29, 0.717) is 17.8 Å². The molecule has 1 saturated carbocycles. The Morgan fingerprint density at radius 3 is 2.49 bits per heavy atom. The molecule has 2 atom stereocenters. The molecule has 5 rings (SSSR count). The van der Waals surface area contributed by atoms with Gasteiger partial charge in [0.2, 0.25) is 12.3 Å². The van der Waals surface area contributed by atoms with Crippen molar-refractivity contribution in [1.29, 1.82) is 0 Å². The lowest BCUT2D eigenvalue weighted by Gasteiger charge is -2.33. The summed E-state index contributed by atoms with van der Waals surface area (Å²) in [6, 6.07) is 7.00. The Balaban J connectivity index is 1.38. The van der Waals surface area contributed by atoms with Crippen LogP contribution in [0, 0.1) is 28.4 Å². The molecule has 0 bridgehead atoms. The minimum absolute atomic E-state index is 0.0285. The van der Waals surface area contributed by atoms with Crippen LogP contribution in [0.1, 0.15) is 41.6 Å². The maximum absolute atomic E-state index is 13.6. The summed E-state index contributed by atoms with van der Waals surface area (Å²) in [7, 11) is 0. The highest BCUT2D eigenvalue weighted by Crippen LogP contribution is 2.61. The quantitative estimate of drug-likeness (QED) is 0.222. The first-order chi connectivity index (χ1) is 17.5. The Kier molecular flexibility index (Phi) is 6.23. The number of piperidine rings is 2. The second kappa shape index (κ2) is 9.14. The first kappa shape index (κ1) is 25.2. The third-order valence-electron chi connectivity index (χ3n) is 7.70. The molecule has 12 heteroatoms. The molecule has 2 aliphatic heterocycles. The highest BCUT2D eigenvalue weighted by molar-refractivity contribution is 5.97. The van der Waals surface area contributed by atoms with Gasteiger partial charge in [-0.3, -0.25) is 10.1 Å². The number of halogens is 4. The van der Waals surface area contributed by atoms with Gasteiger partial charge in [0.05, 0.1) is 16.2 Å². The highest BCUT2D eigenvalue weighted by Gasteiger charge is 2.62. The van der Waals surface area contributed by atoms with Crippen molar-refractivity contribution in [3.8, 4) is 5.88 Å². The molecule has 0 N–H and O–H groups in total. The average molecular weight is 522 g/mol. The Morgan fingerprint density at radius 1 is 1.14 bits per heavy atom. The predicted octanol–water partition coefficient (Wildman–Crippen LogP) is 5.23. The number of anilines is 2. The Morgan fingerprint density at radius 2 is 1.84 bits per heavy atom. The van der Waals surface area contributed by atoms with Gasteiger partial charge in [-0.05, 0) is 43.4 Å². The van der Waals surface area contributed by atoms with Crippen molar-refractivity contribution in [2.24, 2.45) is 11.3 Å². The normalized spacial score (nSPS) is 24.5. The summed E-state index contributed by atoms with van der Waals surface area (Å²) in [5.74, 6) is -3.39. The van der Waals surface area contributed by atoms with E-state index in [-0.39, 0.29) is 74.2 Å². The number of non-ortho nitro benzene ring substituents is 1. The van der Waals surface area contributed by atoms with Gasteiger partial charge < -0.3 is 14.5 Å². The van der Waals surface area contributed by atoms with Crippen molar-refractivity contribution < 1.29 is 32.0 Å². The molecule has 1 aliphatic carbocycles. The number of ether oxygens (including phenoxy) is 1. The second-order valence-corrected chi connectivity index (χ2v) is 10.2. The number of aromatic nitrogens is 1. The van der Waals surface area contributed by atoms with Gasteiger partial charge in [-0.1, -0.05) is 0 Å². The number of alkyl halides is 4. The van der Waals surface area contributed by atoms with Gasteiger partial charge in [0.15, 0.2) is 0 Å². The molecule has 0 spiro atoms. The van der Waals surface area contributed by atoms with Crippen molar-refractivity contribution in [2.75, 3.05) is 36.0 Å². The summed E-state index contributed by atoms with van der Waals surface area (Å²) in [5.41, 5.74) is -0.218. The zero-order chi connectivity index (χ0) is 26.5. The molecule has 3 fully saturated rings. The molecule has 0 radical (unpaired) electrons. The molecule has 0 amide bonds. The van der Waals surface area contributed by atoms with Gasteiger partial charge in [-0.25, -0.2) is 22.4 Å². The topological polar surface area (TPSA) is 88.8 Å². The number of rotatable bonds is 6. The smallest absolute Gasteiger partial charge is 0.346 e. The third kappa shape index (κ3) is 4.93. The number of hydrogen-bond donors (Lipinski definition) is 0. The van der Waals surface area contributed by atoms with E-state index in [1.165, 1.54) is 24.3 Å². The Bertz CT molecular complexity index is 1230. The molecule has 8 nitrogen and oxygen atoms in total. The van der Waals surface area contributed by atoms with E-state index in [2.05, 4.69) is 4.98 Å². The lowest BCUT2D eigenvalue weighted by molar-refractivity contribution is -0.384. The summed E-state index contributed by atoms with van der Waals surface area (Å²) in [4.78, 5) is 31.8. The summed E-state index contributed by atoms with van der Waals surface area (Å²) in [6.07, 6.45) is -2.42. The van der Waals surface area contributed by atoms with Crippen LogP contribution in [0.2, 0.25) is 0 Å². The van der Waals surface area contributed by atoms with E-state index < -0.39 is 28.7 Å². The van der Waals surface area contributed by atoms with Crippen LogP contribution in [-0.4, -0.2) is 54.4 Å². The third-order valence-corrected chi connectivity index (χ3v) is 7.70. The zero-order valence-corrected chi connectivity index (χ0v) is 20.1. The van der Waals surface area contributed by atoms with E-state index in [4.69, 9.17) is 4.74 Å². The number of carbonyl (C=O) groups is 1. The summed E-state index contributed by atoms with van der Waals surface area (Å²) in [6.45, 7) is 2.48. The van der Waals surface area contributed by atoms with Crippen molar-refractivity contribution in [3.63, 3.8) is 0 Å². The van der Waals surface area contributed by atoms with Crippen LogP contribution in [0.25, 0.3) is 0 Å². The van der Waals surface area contributed by atoms with Crippen LogP contribution in [0.4, 0.5) is 34.8 Å². The SMILES string of the molecule is Cc1cc(OC(=O)c2ccc([N+](=O)[O-])cc2N2CC[C@@]3(C(F)F)C[C@H]3C2)nc(N2CCC(F)(F)CC2)c1. The highest BCUT2D eigenvalue weighted by atomic mass is 19.3. The maximum Gasteiger partial charge on any atom is 0.346 e. The largest absolute Gasteiger partial charge is 0.404 e. The maximum atomic E-state index is 13.6. The number of nitro benzene ring substituents is 1. The van der Waals surface area contributed by atoms with E-state index in [0.717, 1.165) is 0 Å². The molecule has 37 heavy (non-hydrogen) atoms. The van der Waals surface area contributed by atoms with Gasteiger partial charge in [-0.15, -0.1) is 0 Å². The monoisotopic (exact) mass is 522 g/mol. The molecule has 3 aliphatic rings. The summed E-state index contributed by atoms with van der Waals surface area (Å²) < 4.78 is 59.7. The second-order valence-electron chi connectivity index (χ2n) is 10.2. The Hall–Kier alpha value is -3.44. The summed E-state index contributed by atoms with van der Waals surface area (Å²) in [5, 5.41) is 11.4. The first-order valence-electron chi connectivity index (χ1n) is 12.1. The van der Waals surface area contributed by atoms with Crippen LogP contribution in [0.15, 0.2) is 30.3 Å². The minimum Gasteiger partial charge on any atom is -0.404 e. The number of benzene rings is 1. The molecule has 198 valence electrons. The predicted molar refractivity (Wildman–Crippen MR) is 127 cm³/mol. The van der Waals surface area contributed by atoms with Crippen LogP contribution in [-0.2, 0) is 0 Å². The number of nitrogens with zero attached hydrogens (tertiary/aromatic N) is 4. The number of hydrogen-bond acceptors (Lipinski definition) is 7. The fourth-order valence-corrected chi connectivity index (χ4v) is 5.36. The van der Waals surface area contributed by atoms with Crippen LogP contribution < -0.4 is 14.5 Å². The minimum atomic E-state index is -2.72. The van der Waals surface area contributed by atoms with Gasteiger partial charge in [-0.2, -0.15) is 4.98 Å². The fourth-order valence-electron chi connectivity index (χ4n) is 5.36. The Labute approximate surface area is 210 Å². The zero-order valence-electron chi connectivity index (χ0n) is 20.1. The van der Waals surface area contributed by atoms with E-state index in [9.17, 15) is 32.5 Å². The number of nitro groups is 1. The lowest BCUT2D eigenvalue weighted by Crippen LogP contribution is -2.39. The first-order valence-corrected chi connectivity index (χ1v) is 12.1. The number of carbonyl (C=O) groups excluding carboxylic acids is 1. The molecule has 1 aromatic carbocycles. The van der Waals surface area contributed by atoms with Crippen molar-refractivity contribution >= 4 is 23.2 Å². The van der Waals surface area contributed by atoms with E-state index >= 15 is 0 Å². The van der Waals surface area contributed by atoms with E-state index in [1.807, 2.05) is 0 Å². The van der Waals surface area contributed by atoms with Gasteiger partial charge >= 0.3 is 5.97 Å². The average Bonchev–Trinajstić information content (AvgIpc) is 3.58.